The zero-order valence-electron chi connectivity index (χ0n) is 15.7. The van der Waals surface area contributed by atoms with Crippen LogP contribution >= 0.6 is 46.3 Å². The Bertz CT molecular complexity index is 944. The van der Waals surface area contributed by atoms with Crippen LogP contribution in [0.2, 0.25) is 10.0 Å². The molecule has 0 N–H and O–H groups in total. The van der Waals surface area contributed by atoms with E-state index in [9.17, 15) is 4.79 Å². The van der Waals surface area contributed by atoms with Crippen LogP contribution < -0.4 is 4.90 Å². The summed E-state index contributed by atoms with van der Waals surface area (Å²) >= 11 is 15.2. The first-order valence-corrected chi connectivity index (χ1v) is 11.4. The van der Waals surface area contributed by atoms with Crippen LogP contribution in [0, 0.1) is 0 Å². The molecule has 0 atom stereocenters. The van der Waals surface area contributed by atoms with Crippen LogP contribution in [0.3, 0.4) is 0 Å². The normalized spacial score (nSPS) is 11.3. The largest absolute Gasteiger partial charge is 0.309 e. The van der Waals surface area contributed by atoms with Crippen molar-refractivity contribution in [2.45, 2.75) is 11.3 Å². The molecule has 148 valence electrons. The monoisotopic (exact) mass is 453 g/mol. The van der Waals surface area contributed by atoms with Gasteiger partial charge in [-0.1, -0.05) is 40.6 Å². The van der Waals surface area contributed by atoms with E-state index in [0.717, 1.165) is 28.1 Å². The van der Waals surface area contributed by atoms with E-state index in [1.165, 1.54) is 23.1 Å². The quantitative estimate of drug-likeness (QED) is 0.411. The average molecular weight is 454 g/mol. The van der Waals surface area contributed by atoms with Crippen LogP contribution in [0.25, 0.3) is 10.2 Å². The first-order valence-electron chi connectivity index (χ1n) is 8.82. The van der Waals surface area contributed by atoms with E-state index < -0.39 is 0 Å². The lowest BCUT2D eigenvalue weighted by Gasteiger charge is -2.21. The third-order valence-corrected chi connectivity index (χ3v) is 6.65. The summed E-state index contributed by atoms with van der Waals surface area (Å²) in [7, 11) is 4.06. The minimum absolute atomic E-state index is 0.0360. The van der Waals surface area contributed by atoms with Gasteiger partial charge in [0.15, 0.2) is 5.13 Å². The number of anilines is 1. The highest BCUT2D eigenvalue weighted by Crippen LogP contribution is 2.33. The van der Waals surface area contributed by atoms with Gasteiger partial charge < -0.3 is 4.90 Å². The van der Waals surface area contributed by atoms with Gasteiger partial charge in [0.05, 0.1) is 15.5 Å². The fourth-order valence-corrected chi connectivity index (χ4v) is 4.85. The van der Waals surface area contributed by atoms with Crippen molar-refractivity contribution in [3.8, 4) is 0 Å². The highest BCUT2D eigenvalue weighted by molar-refractivity contribution is 8.00. The fourth-order valence-electron chi connectivity index (χ4n) is 2.64. The number of para-hydroxylation sites is 1. The second kappa shape index (κ2) is 9.94. The van der Waals surface area contributed by atoms with Crippen molar-refractivity contribution < 1.29 is 4.79 Å². The van der Waals surface area contributed by atoms with Gasteiger partial charge in [0, 0.05) is 16.5 Å². The van der Waals surface area contributed by atoms with E-state index in [-0.39, 0.29) is 5.91 Å². The van der Waals surface area contributed by atoms with Crippen molar-refractivity contribution in [1.29, 1.82) is 0 Å². The molecule has 0 aliphatic rings. The van der Waals surface area contributed by atoms with Gasteiger partial charge in [-0.3, -0.25) is 9.69 Å². The summed E-state index contributed by atoms with van der Waals surface area (Å²) < 4.78 is 0.985. The Morgan fingerprint density at radius 2 is 1.86 bits per heavy atom. The summed E-state index contributed by atoms with van der Waals surface area (Å²) in [5, 5.41) is 1.99. The number of thiazole rings is 1. The summed E-state index contributed by atoms with van der Waals surface area (Å²) in [6, 6.07) is 13.2. The molecule has 4 nitrogen and oxygen atoms in total. The number of aromatic nitrogens is 1. The lowest BCUT2D eigenvalue weighted by molar-refractivity contribution is -0.116. The number of hydrogen-bond acceptors (Lipinski definition) is 5. The molecule has 0 radical (unpaired) electrons. The summed E-state index contributed by atoms with van der Waals surface area (Å²) in [5.74, 6) is 0.377. The first kappa shape index (κ1) is 21.4. The van der Waals surface area contributed by atoms with Crippen molar-refractivity contribution in [3.05, 3.63) is 52.5 Å². The third kappa shape index (κ3) is 5.61. The van der Waals surface area contributed by atoms with Gasteiger partial charge >= 0.3 is 0 Å². The smallest absolute Gasteiger partial charge is 0.239 e. The number of thioether (sulfide) groups is 1. The Kier molecular flexibility index (Phi) is 7.60. The molecule has 28 heavy (non-hydrogen) atoms. The molecule has 3 aromatic rings. The molecule has 0 spiro atoms. The van der Waals surface area contributed by atoms with E-state index in [0.29, 0.717) is 27.5 Å². The Morgan fingerprint density at radius 3 is 2.54 bits per heavy atom. The average Bonchev–Trinajstić information content (AvgIpc) is 3.09. The van der Waals surface area contributed by atoms with Gasteiger partial charge in [0.2, 0.25) is 5.91 Å². The summed E-state index contributed by atoms with van der Waals surface area (Å²) in [6.45, 7) is 1.52. The number of halogens is 2. The molecule has 0 aliphatic carbocycles. The number of rotatable bonds is 8. The maximum atomic E-state index is 13.0. The van der Waals surface area contributed by atoms with Crippen molar-refractivity contribution in [1.82, 2.24) is 9.88 Å². The summed E-state index contributed by atoms with van der Waals surface area (Å²) in [4.78, 5) is 22.6. The zero-order chi connectivity index (χ0) is 20.1. The molecule has 2 aromatic carbocycles. The maximum Gasteiger partial charge on any atom is 0.239 e. The molecular formula is C20H21Cl2N3OS2. The maximum absolute atomic E-state index is 13.0. The first-order chi connectivity index (χ1) is 13.4. The van der Waals surface area contributed by atoms with Crippen LogP contribution in [-0.2, 0) is 4.79 Å². The Morgan fingerprint density at radius 1 is 1.11 bits per heavy atom. The van der Waals surface area contributed by atoms with Crippen LogP contribution in [0.5, 0.6) is 0 Å². The van der Waals surface area contributed by atoms with Crippen LogP contribution in [0.15, 0.2) is 47.4 Å². The highest BCUT2D eigenvalue weighted by Gasteiger charge is 2.20. The number of hydrogen-bond donors (Lipinski definition) is 0. The van der Waals surface area contributed by atoms with Gasteiger partial charge in [-0.2, -0.15) is 0 Å². The Hall–Kier alpha value is -1.31. The standard InChI is InChI=1S/C20H21Cl2N3OS2/c1-24(2)11-4-12-25(18(26)13-27-15-9-7-14(21)8-10-15)20-23-19-16(22)5-3-6-17(19)28-20/h3,5-10H,4,11-13H2,1-2H3. The number of amides is 1. The summed E-state index contributed by atoms with van der Waals surface area (Å²) in [6.07, 6.45) is 0.869. The van der Waals surface area contributed by atoms with Crippen LogP contribution in [0.4, 0.5) is 5.13 Å². The molecule has 3 rings (SSSR count). The predicted octanol–water partition coefficient (Wildman–Crippen LogP) is 5.68. The molecular weight excluding hydrogens is 433 g/mol. The van der Waals surface area contributed by atoms with E-state index in [1.807, 2.05) is 56.6 Å². The zero-order valence-corrected chi connectivity index (χ0v) is 18.8. The topological polar surface area (TPSA) is 36.4 Å². The number of fused-ring (bicyclic) bond motifs is 1. The lowest BCUT2D eigenvalue weighted by atomic mass is 10.3. The molecule has 1 heterocycles. The molecule has 1 amide bonds. The van der Waals surface area contributed by atoms with E-state index in [4.69, 9.17) is 23.2 Å². The molecule has 0 bridgehead atoms. The lowest BCUT2D eigenvalue weighted by Crippen LogP contribution is -2.34. The molecule has 8 heteroatoms. The van der Waals surface area contributed by atoms with Gasteiger partial charge in [0.25, 0.3) is 0 Å². The van der Waals surface area contributed by atoms with Gasteiger partial charge in [-0.05, 0) is 63.5 Å². The number of carbonyl (C=O) groups excluding carboxylic acids is 1. The molecule has 0 fully saturated rings. The third-order valence-electron chi connectivity index (χ3n) is 4.05. The second-order valence-electron chi connectivity index (χ2n) is 6.53. The van der Waals surface area contributed by atoms with Gasteiger partial charge in [-0.15, -0.1) is 11.8 Å². The predicted molar refractivity (Wildman–Crippen MR) is 122 cm³/mol. The Labute approximate surface area is 183 Å². The van der Waals surface area contributed by atoms with Crippen molar-refractivity contribution >= 4 is 67.6 Å². The molecule has 1 aromatic heterocycles. The van der Waals surface area contributed by atoms with E-state index >= 15 is 0 Å². The number of nitrogens with zero attached hydrogens (tertiary/aromatic N) is 3. The van der Waals surface area contributed by atoms with Crippen molar-refractivity contribution in [2.24, 2.45) is 0 Å². The SMILES string of the molecule is CN(C)CCCN(C(=O)CSc1ccc(Cl)cc1)c1nc2c(Cl)cccc2s1. The van der Waals surface area contributed by atoms with Crippen molar-refractivity contribution in [3.63, 3.8) is 0 Å². The van der Waals surface area contributed by atoms with Crippen LogP contribution in [0.1, 0.15) is 6.42 Å². The number of carbonyl (C=O) groups is 1. The number of benzene rings is 2. The minimum atomic E-state index is 0.0360. The minimum Gasteiger partial charge on any atom is -0.309 e. The molecule has 0 saturated carbocycles. The van der Waals surface area contributed by atoms with Gasteiger partial charge in [0.1, 0.15) is 5.52 Å². The van der Waals surface area contributed by atoms with Crippen LogP contribution in [-0.4, -0.2) is 48.7 Å². The van der Waals surface area contributed by atoms with E-state index in [2.05, 4.69) is 9.88 Å². The second-order valence-corrected chi connectivity index (χ2v) is 9.43. The fraction of sp³-hybridized carbons (Fsp3) is 0.300. The summed E-state index contributed by atoms with van der Waals surface area (Å²) in [5.41, 5.74) is 0.750. The van der Waals surface area contributed by atoms with Crippen molar-refractivity contribution in [2.75, 3.05) is 37.8 Å². The van der Waals surface area contributed by atoms with E-state index in [1.54, 1.807) is 4.90 Å². The molecule has 0 unspecified atom stereocenters. The highest BCUT2D eigenvalue weighted by atomic mass is 35.5. The van der Waals surface area contributed by atoms with Gasteiger partial charge in [-0.25, -0.2) is 4.98 Å². The molecule has 0 saturated heterocycles. The Balaban J connectivity index is 1.77. The molecule has 0 aliphatic heterocycles.